The van der Waals surface area contributed by atoms with Gasteiger partial charge in [-0.25, -0.2) is 0 Å². The number of benzene rings is 3. The van der Waals surface area contributed by atoms with Gasteiger partial charge in [-0.15, -0.1) is 0 Å². The highest BCUT2D eigenvalue weighted by atomic mass is 16.5. The van der Waals surface area contributed by atoms with Crippen molar-refractivity contribution >= 4 is 29.1 Å². The number of hydrogen-bond donors (Lipinski definition) is 2. The molecule has 8 nitrogen and oxygen atoms in total. The number of ether oxygens (including phenoxy) is 4. The van der Waals surface area contributed by atoms with Gasteiger partial charge in [0.05, 0.1) is 39.7 Å². The minimum atomic E-state index is -0.360. The number of rotatable bonds is 11. The maximum atomic E-state index is 12.6. The van der Waals surface area contributed by atoms with Crippen molar-refractivity contribution < 1.29 is 28.5 Å². The molecular formula is C28H28N2O6. The molecule has 36 heavy (non-hydrogen) atoms. The first-order valence-electron chi connectivity index (χ1n) is 11.0. The summed E-state index contributed by atoms with van der Waals surface area (Å²) in [5, 5.41) is 5.84. The van der Waals surface area contributed by atoms with E-state index in [0.29, 0.717) is 45.5 Å². The van der Waals surface area contributed by atoms with Crippen LogP contribution in [-0.2, 0) is 4.79 Å². The van der Waals surface area contributed by atoms with Crippen molar-refractivity contribution in [1.29, 1.82) is 0 Å². The Kier molecular flexibility index (Phi) is 9.11. The molecule has 0 saturated carbocycles. The SMILES string of the molecule is COc1cc(OC)c(C=CC(=O)Nc2ccc(OC)c(NC=CC(=O)c3ccccc3)c2)c(OC)c1. The maximum Gasteiger partial charge on any atom is 0.248 e. The molecule has 3 aromatic carbocycles. The third-order valence-corrected chi connectivity index (χ3v) is 5.15. The van der Waals surface area contributed by atoms with Crippen molar-refractivity contribution in [3.05, 3.63) is 90.1 Å². The summed E-state index contributed by atoms with van der Waals surface area (Å²) in [7, 11) is 6.14. The van der Waals surface area contributed by atoms with Crippen molar-refractivity contribution in [3.8, 4) is 23.0 Å². The second-order valence-electron chi connectivity index (χ2n) is 7.39. The van der Waals surface area contributed by atoms with Crippen LogP contribution in [0.15, 0.2) is 79.0 Å². The zero-order chi connectivity index (χ0) is 25.9. The standard InChI is InChI=1S/C28H28N2O6/c1-33-21-17-26(35-3)22(27(18-21)36-4)11-13-28(32)30-20-10-12-25(34-2)23(16-20)29-15-14-24(31)19-8-6-5-7-9-19/h5-18,29H,1-4H3,(H,30,32). The molecule has 1 amide bonds. The van der Waals surface area contributed by atoms with Gasteiger partial charge in [0.1, 0.15) is 23.0 Å². The second kappa shape index (κ2) is 12.7. The minimum absolute atomic E-state index is 0.138. The van der Waals surface area contributed by atoms with E-state index in [1.807, 2.05) is 6.07 Å². The molecule has 186 valence electrons. The predicted octanol–water partition coefficient (Wildman–Crippen LogP) is 5.18. The van der Waals surface area contributed by atoms with E-state index in [-0.39, 0.29) is 11.7 Å². The first-order chi connectivity index (χ1) is 17.5. The topological polar surface area (TPSA) is 95.1 Å². The third kappa shape index (κ3) is 6.66. The molecule has 0 aromatic heterocycles. The number of allylic oxidation sites excluding steroid dienone is 1. The third-order valence-electron chi connectivity index (χ3n) is 5.15. The summed E-state index contributed by atoms with van der Waals surface area (Å²) in [5.74, 6) is 1.63. The number of amides is 1. The first kappa shape index (κ1) is 25.9. The first-order valence-corrected chi connectivity index (χ1v) is 11.0. The molecule has 0 aliphatic heterocycles. The number of anilines is 2. The van der Waals surface area contributed by atoms with Crippen LogP contribution in [0, 0.1) is 0 Å². The molecular weight excluding hydrogens is 460 g/mol. The number of carbonyl (C=O) groups excluding carboxylic acids is 2. The Morgan fingerprint density at radius 3 is 2.03 bits per heavy atom. The number of carbonyl (C=O) groups is 2. The Morgan fingerprint density at radius 1 is 0.750 bits per heavy atom. The lowest BCUT2D eigenvalue weighted by molar-refractivity contribution is -0.111. The average molecular weight is 489 g/mol. The Hall–Kier alpha value is -4.72. The number of hydrogen-bond acceptors (Lipinski definition) is 7. The van der Waals surface area contributed by atoms with E-state index in [4.69, 9.17) is 18.9 Å². The zero-order valence-corrected chi connectivity index (χ0v) is 20.5. The molecule has 3 rings (SSSR count). The van der Waals surface area contributed by atoms with Crippen LogP contribution >= 0.6 is 0 Å². The summed E-state index contributed by atoms with van der Waals surface area (Å²) < 4.78 is 21.4. The van der Waals surface area contributed by atoms with E-state index in [1.54, 1.807) is 67.8 Å². The van der Waals surface area contributed by atoms with Gasteiger partial charge in [-0.05, 0) is 24.3 Å². The highest BCUT2D eigenvalue weighted by molar-refractivity contribution is 6.05. The van der Waals surface area contributed by atoms with E-state index in [0.717, 1.165) is 0 Å². The number of nitrogens with one attached hydrogen (secondary N) is 2. The summed E-state index contributed by atoms with van der Waals surface area (Å²) in [6, 6.07) is 17.5. The second-order valence-corrected chi connectivity index (χ2v) is 7.39. The van der Waals surface area contributed by atoms with E-state index in [1.165, 1.54) is 39.7 Å². The van der Waals surface area contributed by atoms with Crippen molar-refractivity contribution in [2.45, 2.75) is 0 Å². The van der Waals surface area contributed by atoms with E-state index in [9.17, 15) is 9.59 Å². The molecule has 0 aliphatic rings. The lowest BCUT2D eigenvalue weighted by Crippen LogP contribution is -2.08. The maximum absolute atomic E-state index is 12.6. The van der Waals surface area contributed by atoms with Crippen LogP contribution in [0.3, 0.4) is 0 Å². The number of methoxy groups -OCH3 is 4. The fourth-order valence-corrected chi connectivity index (χ4v) is 3.34. The monoisotopic (exact) mass is 488 g/mol. The summed E-state index contributed by atoms with van der Waals surface area (Å²) >= 11 is 0. The highest BCUT2D eigenvalue weighted by Crippen LogP contribution is 2.35. The average Bonchev–Trinajstić information content (AvgIpc) is 2.91. The molecule has 0 bridgehead atoms. The molecule has 2 N–H and O–H groups in total. The molecule has 3 aromatic rings. The largest absolute Gasteiger partial charge is 0.496 e. The van der Waals surface area contributed by atoms with Crippen LogP contribution in [0.5, 0.6) is 23.0 Å². The van der Waals surface area contributed by atoms with Gasteiger partial charge >= 0.3 is 0 Å². The summed E-state index contributed by atoms with van der Waals surface area (Å²) in [6.07, 6.45) is 5.94. The van der Waals surface area contributed by atoms with E-state index < -0.39 is 0 Å². The molecule has 0 atom stereocenters. The van der Waals surface area contributed by atoms with Crippen molar-refractivity contribution in [1.82, 2.24) is 0 Å². The van der Waals surface area contributed by atoms with Gasteiger partial charge in [-0.2, -0.15) is 0 Å². The lowest BCUT2D eigenvalue weighted by Gasteiger charge is -2.13. The van der Waals surface area contributed by atoms with Gasteiger partial charge in [0.2, 0.25) is 5.91 Å². The van der Waals surface area contributed by atoms with Crippen LogP contribution < -0.4 is 29.6 Å². The van der Waals surface area contributed by atoms with E-state index >= 15 is 0 Å². The summed E-state index contributed by atoms with van der Waals surface area (Å²) in [6.45, 7) is 0. The Balaban J connectivity index is 1.73. The van der Waals surface area contributed by atoms with Gasteiger partial charge in [-0.3, -0.25) is 9.59 Å². The van der Waals surface area contributed by atoms with Gasteiger partial charge in [0, 0.05) is 41.7 Å². The molecule has 8 heteroatoms. The van der Waals surface area contributed by atoms with Crippen molar-refractivity contribution in [2.75, 3.05) is 39.1 Å². The van der Waals surface area contributed by atoms with Crippen LogP contribution in [0.1, 0.15) is 15.9 Å². The summed E-state index contributed by atoms with van der Waals surface area (Å²) in [5.41, 5.74) is 2.29. The highest BCUT2D eigenvalue weighted by Gasteiger charge is 2.12. The van der Waals surface area contributed by atoms with Crippen molar-refractivity contribution in [2.24, 2.45) is 0 Å². The van der Waals surface area contributed by atoms with Crippen LogP contribution in [0.2, 0.25) is 0 Å². The van der Waals surface area contributed by atoms with Gasteiger partial charge in [0.15, 0.2) is 5.78 Å². The normalized spacial score (nSPS) is 10.8. The van der Waals surface area contributed by atoms with E-state index in [2.05, 4.69) is 10.6 Å². The molecule has 0 fully saturated rings. The quantitative estimate of drug-likeness (QED) is 0.284. The molecule has 0 saturated heterocycles. The number of ketones is 1. The van der Waals surface area contributed by atoms with Crippen LogP contribution in [0.4, 0.5) is 11.4 Å². The minimum Gasteiger partial charge on any atom is -0.496 e. The molecule has 0 spiro atoms. The van der Waals surface area contributed by atoms with Crippen LogP contribution in [-0.4, -0.2) is 40.1 Å². The summed E-state index contributed by atoms with van der Waals surface area (Å²) in [4.78, 5) is 24.9. The molecule has 0 radical (unpaired) electrons. The molecule has 0 unspecified atom stereocenters. The van der Waals surface area contributed by atoms with Crippen molar-refractivity contribution in [3.63, 3.8) is 0 Å². The smallest absolute Gasteiger partial charge is 0.248 e. The predicted molar refractivity (Wildman–Crippen MR) is 140 cm³/mol. The lowest BCUT2D eigenvalue weighted by atomic mass is 10.1. The fraction of sp³-hybridized carbons (Fsp3) is 0.143. The Labute approximate surface area is 210 Å². The zero-order valence-electron chi connectivity index (χ0n) is 20.5. The van der Waals surface area contributed by atoms with Crippen LogP contribution in [0.25, 0.3) is 6.08 Å². The van der Waals surface area contributed by atoms with Gasteiger partial charge in [0.25, 0.3) is 0 Å². The Morgan fingerprint density at radius 2 is 1.42 bits per heavy atom. The van der Waals surface area contributed by atoms with Gasteiger partial charge < -0.3 is 29.6 Å². The van der Waals surface area contributed by atoms with Gasteiger partial charge in [-0.1, -0.05) is 30.3 Å². The fourth-order valence-electron chi connectivity index (χ4n) is 3.34. The Bertz CT molecular complexity index is 1240. The molecule has 0 heterocycles. The molecule has 0 aliphatic carbocycles.